The Hall–Kier alpha value is -2.98. The molecule has 1 saturated carbocycles. The fourth-order valence-corrected chi connectivity index (χ4v) is 3.94. The molecule has 0 aromatic heterocycles. The van der Waals surface area contributed by atoms with E-state index in [2.05, 4.69) is 0 Å². The molecule has 2 N–H and O–H groups in total. The third-order valence-corrected chi connectivity index (χ3v) is 5.64. The first kappa shape index (κ1) is 22.7. The molecule has 1 aromatic rings. The largest absolute Gasteiger partial charge is 0.493 e. The van der Waals surface area contributed by atoms with Gasteiger partial charge in [-0.1, -0.05) is 19.3 Å². The zero-order valence-corrected chi connectivity index (χ0v) is 17.2. The smallest absolute Gasteiger partial charge is 0.440 e. The molecule has 1 heterocycles. The maximum Gasteiger partial charge on any atom is 0.440 e. The van der Waals surface area contributed by atoms with Gasteiger partial charge in [-0.2, -0.15) is 13.2 Å². The highest BCUT2D eigenvalue weighted by molar-refractivity contribution is 6.10. The maximum absolute atomic E-state index is 14.0. The second-order valence-corrected chi connectivity index (χ2v) is 7.62. The minimum atomic E-state index is -5.26. The molecule has 31 heavy (non-hydrogen) atoms. The van der Waals surface area contributed by atoms with E-state index in [1.54, 1.807) is 10.6 Å². The average Bonchev–Trinajstić information content (AvgIpc) is 2.98. The highest BCUT2D eigenvalue weighted by Crippen LogP contribution is 2.36. The van der Waals surface area contributed by atoms with Crippen molar-refractivity contribution in [1.82, 2.24) is 15.5 Å². The van der Waals surface area contributed by atoms with Crippen molar-refractivity contribution >= 4 is 17.8 Å². The van der Waals surface area contributed by atoms with Gasteiger partial charge in [-0.25, -0.2) is 4.79 Å². The van der Waals surface area contributed by atoms with Crippen LogP contribution in [0.25, 0.3) is 0 Å². The van der Waals surface area contributed by atoms with E-state index in [4.69, 9.17) is 9.47 Å². The number of ether oxygens (including phenoxy) is 2. The Morgan fingerprint density at radius 1 is 1.16 bits per heavy atom. The molecule has 0 unspecified atom stereocenters. The van der Waals surface area contributed by atoms with Crippen LogP contribution < -0.4 is 20.1 Å². The van der Waals surface area contributed by atoms with Gasteiger partial charge in [0.25, 0.3) is 17.5 Å². The van der Waals surface area contributed by atoms with Gasteiger partial charge in [0.1, 0.15) is 0 Å². The minimum Gasteiger partial charge on any atom is -0.493 e. The Bertz CT molecular complexity index is 870. The van der Waals surface area contributed by atoms with Crippen molar-refractivity contribution in [3.05, 3.63) is 23.8 Å². The van der Waals surface area contributed by atoms with Crippen LogP contribution in [0.15, 0.2) is 18.2 Å². The van der Waals surface area contributed by atoms with Gasteiger partial charge in [-0.05, 0) is 37.0 Å². The van der Waals surface area contributed by atoms with E-state index < -0.39 is 29.7 Å². The second-order valence-electron chi connectivity index (χ2n) is 7.62. The molecule has 1 saturated heterocycles. The normalized spacial score (nSPS) is 22.3. The fourth-order valence-electron chi connectivity index (χ4n) is 3.94. The van der Waals surface area contributed by atoms with Crippen LogP contribution in [0.1, 0.15) is 42.5 Å². The summed E-state index contributed by atoms with van der Waals surface area (Å²) in [5, 5.41) is 3.37. The molecule has 1 atom stereocenters. The second kappa shape index (κ2) is 8.64. The Balaban J connectivity index is 1.87. The molecular weight excluding hydrogens is 419 g/mol. The van der Waals surface area contributed by atoms with E-state index >= 15 is 0 Å². The van der Waals surface area contributed by atoms with Gasteiger partial charge >= 0.3 is 12.2 Å². The van der Waals surface area contributed by atoms with Crippen molar-refractivity contribution < 1.29 is 37.0 Å². The maximum atomic E-state index is 14.0. The molecule has 4 amide bonds. The fraction of sp³-hybridized carbons (Fsp3) is 0.550. The number of urea groups is 1. The summed E-state index contributed by atoms with van der Waals surface area (Å²) in [6, 6.07) is 2.57. The number of halogens is 3. The first-order valence-electron chi connectivity index (χ1n) is 9.88. The van der Waals surface area contributed by atoms with Crippen LogP contribution in [0.3, 0.4) is 0 Å². The summed E-state index contributed by atoms with van der Waals surface area (Å²) in [6.07, 6.45) is -0.983. The quantitative estimate of drug-likeness (QED) is 0.659. The summed E-state index contributed by atoms with van der Waals surface area (Å²) < 4.78 is 52.1. The molecule has 1 aliphatic heterocycles. The molecule has 1 aliphatic carbocycles. The van der Waals surface area contributed by atoms with Gasteiger partial charge in [-0.3, -0.25) is 19.8 Å². The summed E-state index contributed by atoms with van der Waals surface area (Å²) >= 11 is 0. The number of imide groups is 1. The third-order valence-electron chi connectivity index (χ3n) is 5.64. The number of nitrogens with zero attached hydrogens (tertiary/aromatic N) is 1. The topological polar surface area (TPSA) is 97.0 Å². The highest BCUT2D eigenvalue weighted by Gasteiger charge is 2.68. The zero-order valence-electron chi connectivity index (χ0n) is 17.2. The summed E-state index contributed by atoms with van der Waals surface area (Å²) in [7, 11) is 2.67. The lowest BCUT2D eigenvalue weighted by molar-refractivity contribution is -0.200. The number of alkyl halides is 3. The van der Waals surface area contributed by atoms with E-state index in [1.807, 2.05) is 0 Å². The van der Waals surface area contributed by atoms with E-state index in [0.717, 1.165) is 32.1 Å². The highest BCUT2D eigenvalue weighted by atomic mass is 19.4. The molecule has 2 aliphatic rings. The van der Waals surface area contributed by atoms with Gasteiger partial charge in [0, 0.05) is 12.1 Å². The van der Waals surface area contributed by atoms with Crippen LogP contribution in [0.5, 0.6) is 11.5 Å². The van der Waals surface area contributed by atoms with Gasteiger partial charge in [0.05, 0.1) is 14.2 Å². The Labute approximate surface area is 177 Å². The number of rotatable bonds is 6. The van der Waals surface area contributed by atoms with Crippen LogP contribution in [-0.4, -0.2) is 55.3 Å². The molecule has 3 rings (SSSR count). The first-order valence-corrected chi connectivity index (χ1v) is 9.88. The van der Waals surface area contributed by atoms with Gasteiger partial charge < -0.3 is 14.8 Å². The summed E-state index contributed by atoms with van der Waals surface area (Å²) in [5.74, 6) is -2.41. The summed E-state index contributed by atoms with van der Waals surface area (Å²) in [5.41, 5.74) is -3.74. The van der Waals surface area contributed by atoms with Crippen LogP contribution in [0, 0.1) is 5.92 Å². The van der Waals surface area contributed by atoms with E-state index in [1.165, 1.54) is 32.4 Å². The minimum absolute atomic E-state index is 0.0611. The number of nitrogens with one attached hydrogen (secondary N) is 2. The monoisotopic (exact) mass is 443 g/mol. The predicted molar refractivity (Wildman–Crippen MR) is 103 cm³/mol. The predicted octanol–water partition coefficient (Wildman–Crippen LogP) is 2.82. The van der Waals surface area contributed by atoms with Crippen LogP contribution in [0.2, 0.25) is 0 Å². The molecule has 170 valence electrons. The van der Waals surface area contributed by atoms with Crippen LogP contribution in [0.4, 0.5) is 18.0 Å². The Morgan fingerprint density at radius 2 is 1.81 bits per heavy atom. The average molecular weight is 443 g/mol. The van der Waals surface area contributed by atoms with Gasteiger partial charge in [0.2, 0.25) is 0 Å². The SMILES string of the molecule is COc1ccc(C(=O)N[C@@]2(C(F)(F)F)NC(=O)N(CC3CCCCC3)C2=O)cc1OC. The van der Waals surface area contributed by atoms with E-state index in [-0.39, 0.29) is 29.5 Å². The van der Waals surface area contributed by atoms with Crippen molar-refractivity contribution in [3.63, 3.8) is 0 Å². The van der Waals surface area contributed by atoms with Crippen molar-refractivity contribution in [2.24, 2.45) is 5.92 Å². The van der Waals surface area contributed by atoms with Crippen molar-refractivity contribution in [3.8, 4) is 11.5 Å². The molecule has 0 bridgehead atoms. The number of methoxy groups -OCH3 is 2. The lowest BCUT2D eigenvalue weighted by Gasteiger charge is -2.30. The zero-order chi connectivity index (χ0) is 22.8. The summed E-state index contributed by atoms with van der Waals surface area (Å²) in [4.78, 5) is 38.3. The molecule has 8 nitrogen and oxygen atoms in total. The number of hydrogen-bond acceptors (Lipinski definition) is 5. The van der Waals surface area contributed by atoms with Crippen LogP contribution in [-0.2, 0) is 4.79 Å². The van der Waals surface area contributed by atoms with Gasteiger partial charge in [-0.15, -0.1) is 0 Å². The number of amides is 4. The molecular formula is C20H24F3N3O5. The molecule has 0 radical (unpaired) electrons. The standard InChI is InChI=1S/C20H24F3N3O5/c1-30-14-9-8-13(10-15(14)31-2)16(27)24-19(20(21,22)23)17(28)26(18(29)25-19)11-12-6-4-3-5-7-12/h8-10,12H,3-7,11H2,1-2H3,(H,24,27)(H,25,29)/t19-/m1/s1. The Kier molecular flexibility index (Phi) is 6.33. The first-order chi connectivity index (χ1) is 14.6. The van der Waals surface area contributed by atoms with Crippen molar-refractivity contribution in [1.29, 1.82) is 0 Å². The number of carbonyl (C=O) groups is 3. The van der Waals surface area contributed by atoms with Crippen molar-refractivity contribution in [2.75, 3.05) is 20.8 Å². The molecule has 11 heteroatoms. The lowest BCUT2D eigenvalue weighted by atomic mass is 9.89. The number of carbonyl (C=O) groups excluding carboxylic acids is 3. The summed E-state index contributed by atoms with van der Waals surface area (Å²) in [6.45, 7) is -0.116. The number of benzene rings is 1. The van der Waals surface area contributed by atoms with Crippen molar-refractivity contribution in [2.45, 2.75) is 43.9 Å². The number of hydrogen-bond donors (Lipinski definition) is 2. The van der Waals surface area contributed by atoms with E-state index in [9.17, 15) is 27.6 Å². The lowest BCUT2D eigenvalue weighted by Crippen LogP contribution is -2.69. The molecule has 1 aromatic carbocycles. The third kappa shape index (κ3) is 4.26. The van der Waals surface area contributed by atoms with E-state index in [0.29, 0.717) is 4.90 Å². The molecule has 0 spiro atoms. The Morgan fingerprint density at radius 3 is 2.39 bits per heavy atom. The van der Waals surface area contributed by atoms with Crippen LogP contribution >= 0.6 is 0 Å². The van der Waals surface area contributed by atoms with Gasteiger partial charge in [0.15, 0.2) is 11.5 Å². The molecule has 2 fully saturated rings.